The number of aromatic nitrogens is 1. The Morgan fingerprint density at radius 2 is 1.50 bits per heavy atom. The molecule has 1 fully saturated rings. The summed E-state index contributed by atoms with van der Waals surface area (Å²) in [7, 11) is 0. The zero-order valence-electron chi connectivity index (χ0n) is 10.5. The van der Waals surface area contributed by atoms with Gasteiger partial charge in [-0.05, 0) is 47.6 Å². The Morgan fingerprint density at radius 1 is 0.889 bits per heavy atom. The smallest absolute Gasteiger partial charge is 0.0271 e. The summed E-state index contributed by atoms with van der Waals surface area (Å²) in [5.74, 6) is 0.851. The third-order valence-corrected chi connectivity index (χ3v) is 3.44. The van der Waals surface area contributed by atoms with E-state index in [0.717, 1.165) is 19.0 Å². The Kier molecular flexibility index (Phi) is 3.37. The van der Waals surface area contributed by atoms with Crippen LogP contribution in [0.4, 0.5) is 0 Å². The molecule has 0 atom stereocenters. The van der Waals surface area contributed by atoms with E-state index in [1.54, 1.807) is 0 Å². The molecule has 3 rings (SSSR count). The standard InChI is InChI=1S/C16H18N2/c1-3-15(16-5-6-16)4-2-13(1)11-18-12-14-7-9-17-10-8-14/h1-4,7-10,16,18H,5-6,11-12H2. The maximum atomic E-state index is 4.02. The van der Waals surface area contributed by atoms with E-state index >= 15 is 0 Å². The number of nitrogens with zero attached hydrogens (tertiary/aromatic N) is 1. The van der Waals surface area contributed by atoms with Crippen molar-refractivity contribution in [2.75, 3.05) is 0 Å². The van der Waals surface area contributed by atoms with Crippen LogP contribution in [0.2, 0.25) is 0 Å². The molecule has 0 bridgehead atoms. The molecule has 1 saturated carbocycles. The molecule has 0 amide bonds. The van der Waals surface area contributed by atoms with Crippen LogP contribution in [-0.4, -0.2) is 4.98 Å². The van der Waals surface area contributed by atoms with Crippen molar-refractivity contribution in [2.45, 2.75) is 31.8 Å². The topological polar surface area (TPSA) is 24.9 Å². The summed E-state index contributed by atoms with van der Waals surface area (Å²) in [6.07, 6.45) is 6.42. The predicted octanol–water partition coefficient (Wildman–Crippen LogP) is 3.25. The first-order valence-electron chi connectivity index (χ1n) is 6.60. The fourth-order valence-electron chi connectivity index (χ4n) is 2.18. The molecule has 92 valence electrons. The number of benzene rings is 1. The normalized spacial score (nSPS) is 14.7. The van der Waals surface area contributed by atoms with Crippen LogP contribution < -0.4 is 5.32 Å². The molecule has 0 unspecified atom stereocenters. The first kappa shape index (κ1) is 11.4. The predicted molar refractivity (Wildman–Crippen MR) is 73.2 cm³/mol. The van der Waals surface area contributed by atoms with E-state index in [4.69, 9.17) is 0 Å². The summed E-state index contributed by atoms with van der Waals surface area (Å²) in [6.45, 7) is 1.82. The van der Waals surface area contributed by atoms with Crippen molar-refractivity contribution in [1.29, 1.82) is 0 Å². The second-order valence-corrected chi connectivity index (χ2v) is 4.97. The average Bonchev–Trinajstić information content (AvgIpc) is 3.25. The minimum Gasteiger partial charge on any atom is -0.309 e. The number of nitrogens with one attached hydrogen (secondary N) is 1. The van der Waals surface area contributed by atoms with Crippen LogP contribution in [0.25, 0.3) is 0 Å². The van der Waals surface area contributed by atoms with Gasteiger partial charge in [0.05, 0.1) is 0 Å². The van der Waals surface area contributed by atoms with Crippen LogP contribution in [-0.2, 0) is 13.1 Å². The third kappa shape index (κ3) is 2.96. The molecule has 1 aliphatic rings. The quantitative estimate of drug-likeness (QED) is 0.865. The van der Waals surface area contributed by atoms with Crippen molar-refractivity contribution in [3.8, 4) is 0 Å². The first-order chi connectivity index (χ1) is 8.92. The Morgan fingerprint density at radius 3 is 2.11 bits per heavy atom. The minimum atomic E-state index is 0.851. The summed E-state index contributed by atoms with van der Waals surface area (Å²) in [5, 5.41) is 3.45. The number of pyridine rings is 1. The second-order valence-electron chi connectivity index (χ2n) is 4.97. The van der Waals surface area contributed by atoms with Gasteiger partial charge in [0.1, 0.15) is 0 Å². The lowest BCUT2D eigenvalue weighted by Gasteiger charge is -2.06. The van der Waals surface area contributed by atoms with Crippen molar-refractivity contribution in [1.82, 2.24) is 10.3 Å². The third-order valence-electron chi connectivity index (χ3n) is 3.44. The lowest BCUT2D eigenvalue weighted by Crippen LogP contribution is -2.12. The largest absolute Gasteiger partial charge is 0.309 e. The molecule has 1 aliphatic carbocycles. The van der Waals surface area contributed by atoms with Crippen LogP contribution >= 0.6 is 0 Å². The summed E-state index contributed by atoms with van der Waals surface area (Å²) in [6, 6.07) is 13.1. The Hall–Kier alpha value is -1.67. The Balaban J connectivity index is 1.50. The Labute approximate surface area is 108 Å². The van der Waals surface area contributed by atoms with Gasteiger partial charge in [-0.2, -0.15) is 0 Å². The van der Waals surface area contributed by atoms with Crippen molar-refractivity contribution in [3.05, 3.63) is 65.5 Å². The maximum absolute atomic E-state index is 4.02. The molecule has 18 heavy (non-hydrogen) atoms. The van der Waals surface area contributed by atoms with E-state index < -0.39 is 0 Å². The highest BCUT2D eigenvalue weighted by Crippen LogP contribution is 2.39. The summed E-state index contributed by atoms with van der Waals surface area (Å²) < 4.78 is 0. The molecule has 2 nitrogen and oxygen atoms in total. The van der Waals surface area contributed by atoms with E-state index in [1.165, 1.54) is 29.5 Å². The molecule has 1 aromatic heterocycles. The van der Waals surface area contributed by atoms with Gasteiger partial charge < -0.3 is 5.32 Å². The van der Waals surface area contributed by atoms with Crippen LogP contribution in [0.3, 0.4) is 0 Å². The highest BCUT2D eigenvalue weighted by molar-refractivity contribution is 5.28. The maximum Gasteiger partial charge on any atom is 0.0271 e. The molecule has 1 heterocycles. The zero-order valence-corrected chi connectivity index (χ0v) is 10.5. The lowest BCUT2D eigenvalue weighted by molar-refractivity contribution is 0.692. The SMILES string of the molecule is c1cc(CNCc2ccc(C3CC3)cc2)ccn1. The summed E-state index contributed by atoms with van der Waals surface area (Å²) >= 11 is 0. The monoisotopic (exact) mass is 238 g/mol. The molecular weight excluding hydrogens is 220 g/mol. The van der Waals surface area contributed by atoms with Crippen LogP contribution in [0.15, 0.2) is 48.8 Å². The highest BCUT2D eigenvalue weighted by atomic mass is 14.8. The van der Waals surface area contributed by atoms with E-state index in [0.29, 0.717) is 0 Å². The lowest BCUT2D eigenvalue weighted by atomic mass is 10.1. The molecule has 0 radical (unpaired) electrons. The molecular formula is C16H18N2. The zero-order chi connectivity index (χ0) is 12.2. The molecule has 1 aromatic carbocycles. The van der Waals surface area contributed by atoms with Crippen molar-refractivity contribution < 1.29 is 0 Å². The molecule has 0 aliphatic heterocycles. The van der Waals surface area contributed by atoms with Gasteiger partial charge in [0.25, 0.3) is 0 Å². The fourth-order valence-corrected chi connectivity index (χ4v) is 2.18. The number of rotatable bonds is 5. The second kappa shape index (κ2) is 5.32. The number of hydrogen-bond donors (Lipinski definition) is 1. The Bertz CT molecular complexity index is 486. The molecule has 1 N–H and O–H groups in total. The van der Waals surface area contributed by atoms with Gasteiger partial charge in [-0.3, -0.25) is 4.98 Å². The molecule has 2 heteroatoms. The highest BCUT2D eigenvalue weighted by Gasteiger charge is 2.22. The van der Waals surface area contributed by atoms with Gasteiger partial charge in [-0.15, -0.1) is 0 Å². The van der Waals surface area contributed by atoms with Crippen molar-refractivity contribution >= 4 is 0 Å². The van der Waals surface area contributed by atoms with E-state index in [2.05, 4.69) is 34.6 Å². The summed E-state index contributed by atoms with van der Waals surface area (Å²) in [5.41, 5.74) is 4.14. The van der Waals surface area contributed by atoms with E-state index in [1.807, 2.05) is 24.5 Å². The van der Waals surface area contributed by atoms with Gasteiger partial charge in [0, 0.05) is 25.5 Å². The van der Waals surface area contributed by atoms with Crippen LogP contribution in [0.1, 0.15) is 35.4 Å². The van der Waals surface area contributed by atoms with Gasteiger partial charge in [0.2, 0.25) is 0 Å². The van der Waals surface area contributed by atoms with E-state index in [9.17, 15) is 0 Å². The van der Waals surface area contributed by atoms with Gasteiger partial charge in [-0.25, -0.2) is 0 Å². The van der Waals surface area contributed by atoms with Gasteiger partial charge >= 0.3 is 0 Å². The van der Waals surface area contributed by atoms with Crippen molar-refractivity contribution in [2.24, 2.45) is 0 Å². The number of hydrogen-bond acceptors (Lipinski definition) is 2. The van der Waals surface area contributed by atoms with E-state index in [-0.39, 0.29) is 0 Å². The minimum absolute atomic E-state index is 0.851. The first-order valence-corrected chi connectivity index (χ1v) is 6.60. The molecule has 0 spiro atoms. The summed E-state index contributed by atoms with van der Waals surface area (Å²) in [4.78, 5) is 4.02. The van der Waals surface area contributed by atoms with Gasteiger partial charge in [0.15, 0.2) is 0 Å². The van der Waals surface area contributed by atoms with Crippen LogP contribution in [0, 0.1) is 0 Å². The van der Waals surface area contributed by atoms with Crippen LogP contribution in [0.5, 0.6) is 0 Å². The average molecular weight is 238 g/mol. The molecule has 2 aromatic rings. The fraction of sp³-hybridized carbons (Fsp3) is 0.312. The molecule has 0 saturated heterocycles. The van der Waals surface area contributed by atoms with Gasteiger partial charge in [-0.1, -0.05) is 24.3 Å². The van der Waals surface area contributed by atoms with Crippen molar-refractivity contribution in [3.63, 3.8) is 0 Å².